The van der Waals surface area contributed by atoms with Crippen molar-refractivity contribution in [1.82, 2.24) is 9.88 Å². The van der Waals surface area contributed by atoms with E-state index in [4.69, 9.17) is 9.15 Å². The third-order valence-corrected chi connectivity index (χ3v) is 6.18. The van der Waals surface area contributed by atoms with Crippen LogP contribution in [0.4, 0.5) is 0 Å². The van der Waals surface area contributed by atoms with E-state index in [2.05, 4.69) is 10.3 Å². The summed E-state index contributed by atoms with van der Waals surface area (Å²) in [5, 5.41) is 4.80. The lowest BCUT2D eigenvalue weighted by atomic mass is 10.1. The van der Waals surface area contributed by atoms with Crippen LogP contribution in [0.1, 0.15) is 50.8 Å². The SMILES string of the molecule is Cc1ccc(C(=O)N=c2scc(C)n2Cc2ccc(C(=O)NC[C@H]3CCCO3)o2)cc1. The first-order valence-corrected chi connectivity index (χ1v) is 11.2. The van der Waals surface area contributed by atoms with E-state index >= 15 is 0 Å². The molecule has 1 aliphatic heterocycles. The molecule has 1 atom stereocenters. The lowest BCUT2D eigenvalue weighted by Crippen LogP contribution is -2.31. The monoisotopic (exact) mass is 439 g/mol. The van der Waals surface area contributed by atoms with Gasteiger partial charge in [0, 0.05) is 29.8 Å². The highest BCUT2D eigenvalue weighted by molar-refractivity contribution is 7.07. The van der Waals surface area contributed by atoms with Crippen LogP contribution in [0.5, 0.6) is 0 Å². The van der Waals surface area contributed by atoms with Crippen molar-refractivity contribution in [2.45, 2.75) is 39.3 Å². The molecule has 1 fully saturated rings. The molecule has 1 aromatic carbocycles. The van der Waals surface area contributed by atoms with Crippen LogP contribution < -0.4 is 10.1 Å². The van der Waals surface area contributed by atoms with Crippen LogP contribution in [0.25, 0.3) is 0 Å². The highest BCUT2D eigenvalue weighted by atomic mass is 32.1. The molecule has 0 bridgehead atoms. The van der Waals surface area contributed by atoms with Crippen LogP contribution >= 0.6 is 11.3 Å². The van der Waals surface area contributed by atoms with Gasteiger partial charge in [0.25, 0.3) is 11.8 Å². The highest BCUT2D eigenvalue weighted by Crippen LogP contribution is 2.13. The summed E-state index contributed by atoms with van der Waals surface area (Å²) >= 11 is 1.40. The van der Waals surface area contributed by atoms with Gasteiger partial charge in [-0.05, 0) is 51.0 Å². The second kappa shape index (κ2) is 9.45. The average Bonchev–Trinajstić information content (AvgIpc) is 3.51. The quantitative estimate of drug-likeness (QED) is 0.637. The second-order valence-corrected chi connectivity index (χ2v) is 8.48. The first-order chi connectivity index (χ1) is 15.0. The van der Waals surface area contributed by atoms with Crippen molar-refractivity contribution in [3.05, 3.63) is 74.9 Å². The number of benzene rings is 1. The van der Waals surface area contributed by atoms with Crippen molar-refractivity contribution in [2.24, 2.45) is 4.99 Å². The van der Waals surface area contributed by atoms with Crippen LogP contribution in [0.15, 0.2) is 51.2 Å². The average molecular weight is 440 g/mol. The number of ether oxygens (including phenoxy) is 1. The lowest BCUT2D eigenvalue weighted by molar-refractivity contribution is 0.0833. The zero-order chi connectivity index (χ0) is 21.8. The fraction of sp³-hybridized carbons (Fsp3) is 0.348. The van der Waals surface area contributed by atoms with Crippen molar-refractivity contribution < 1.29 is 18.7 Å². The van der Waals surface area contributed by atoms with Crippen molar-refractivity contribution in [1.29, 1.82) is 0 Å². The molecule has 2 amide bonds. The van der Waals surface area contributed by atoms with Gasteiger partial charge in [-0.15, -0.1) is 11.3 Å². The number of hydrogen-bond acceptors (Lipinski definition) is 5. The van der Waals surface area contributed by atoms with Crippen molar-refractivity contribution in [3.8, 4) is 0 Å². The lowest BCUT2D eigenvalue weighted by Gasteiger charge is -2.09. The third kappa shape index (κ3) is 5.21. The Morgan fingerprint density at radius 2 is 2.00 bits per heavy atom. The van der Waals surface area contributed by atoms with Crippen molar-refractivity contribution >= 4 is 23.2 Å². The number of carbonyl (C=O) groups excluding carboxylic acids is 2. The zero-order valence-electron chi connectivity index (χ0n) is 17.6. The van der Waals surface area contributed by atoms with Crippen LogP contribution in [0, 0.1) is 13.8 Å². The molecule has 0 aliphatic carbocycles. The number of thiazole rings is 1. The van der Waals surface area contributed by atoms with Gasteiger partial charge in [-0.2, -0.15) is 4.99 Å². The molecule has 1 saturated heterocycles. The number of aryl methyl sites for hydroxylation is 2. The number of amides is 2. The molecule has 1 aliphatic rings. The van der Waals surface area contributed by atoms with Gasteiger partial charge in [0.2, 0.25) is 0 Å². The van der Waals surface area contributed by atoms with Crippen LogP contribution in [0.2, 0.25) is 0 Å². The van der Waals surface area contributed by atoms with Crippen LogP contribution in [-0.2, 0) is 11.3 Å². The van der Waals surface area contributed by atoms with E-state index < -0.39 is 0 Å². The summed E-state index contributed by atoms with van der Waals surface area (Å²) in [7, 11) is 0. The maximum atomic E-state index is 12.6. The summed E-state index contributed by atoms with van der Waals surface area (Å²) in [5.41, 5.74) is 2.60. The smallest absolute Gasteiger partial charge is 0.287 e. The maximum Gasteiger partial charge on any atom is 0.287 e. The Balaban J connectivity index is 1.46. The highest BCUT2D eigenvalue weighted by Gasteiger charge is 2.18. The zero-order valence-corrected chi connectivity index (χ0v) is 18.4. The molecule has 31 heavy (non-hydrogen) atoms. The molecule has 0 radical (unpaired) electrons. The maximum absolute atomic E-state index is 12.6. The summed E-state index contributed by atoms with van der Waals surface area (Å²) in [5.74, 6) is 0.334. The molecule has 162 valence electrons. The molecule has 3 heterocycles. The summed E-state index contributed by atoms with van der Waals surface area (Å²) in [6.45, 7) is 5.54. The molecule has 0 unspecified atom stereocenters. The summed E-state index contributed by atoms with van der Waals surface area (Å²) in [4.78, 5) is 29.8. The minimum absolute atomic E-state index is 0.0811. The topological polar surface area (TPSA) is 85.8 Å². The fourth-order valence-corrected chi connectivity index (χ4v) is 4.26. The van der Waals surface area contributed by atoms with Gasteiger partial charge in [0.1, 0.15) is 5.76 Å². The van der Waals surface area contributed by atoms with Gasteiger partial charge >= 0.3 is 0 Å². The summed E-state index contributed by atoms with van der Waals surface area (Å²) in [6.07, 6.45) is 2.07. The number of carbonyl (C=O) groups is 2. The van der Waals surface area contributed by atoms with Gasteiger partial charge in [-0.1, -0.05) is 17.7 Å². The molecule has 0 spiro atoms. The van der Waals surface area contributed by atoms with Gasteiger partial charge < -0.3 is 19.0 Å². The summed E-state index contributed by atoms with van der Waals surface area (Å²) in [6, 6.07) is 10.8. The molecule has 2 aromatic heterocycles. The number of rotatable bonds is 6. The number of nitrogens with one attached hydrogen (secondary N) is 1. The molecule has 0 saturated carbocycles. The number of aromatic nitrogens is 1. The van der Waals surface area contributed by atoms with E-state index in [0.29, 0.717) is 29.2 Å². The Bertz CT molecular complexity index is 1130. The molecule has 7 nitrogen and oxygen atoms in total. The fourth-order valence-electron chi connectivity index (χ4n) is 3.38. The molecule has 3 aromatic rings. The number of hydrogen-bond donors (Lipinski definition) is 1. The van der Waals surface area contributed by atoms with E-state index in [1.807, 2.05) is 35.9 Å². The Labute approximate surface area is 184 Å². The van der Waals surface area contributed by atoms with Gasteiger partial charge in [-0.25, -0.2) is 0 Å². The van der Waals surface area contributed by atoms with Gasteiger partial charge in [-0.3, -0.25) is 9.59 Å². The normalized spacial score (nSPS) is 16.6. The third-order valence-electron chi connectivity index (χ3n) is 5.20. The van der Waals surface area contributed by atoms with E-state index in [9.17, 15) is 9.59 Å². The Kier molecular flexibility index (Phi) is 6.48. The Morgan fingerprint density at radius 1 is 1.19 bits per heavy atom. The summed E-state index contributed by atoms with van der Waals surface area (Å²) < 4.78 is 13.2. The van der Waals surface area contributed by atoms with E-state index in [1.165, 1.54) is 11.3 Å². The van der Waals surface area contributed by atoms with E-state index in [0.717, 1.165) is 30.7 Å². The molecular weight excluding hydrogens is 414 g/mol. The minimum atomic E-state index is -0.288. The second-order valence-electron chi connectivity index (χ2n) is 7.64. The number of nitrogens with zero attached hydrogens (tertiary/aromatic N) is 2. The molecule has 8 heteroatoms. The predicted molar refractivity (Wildman–Crippen MR) is 117 cm³/mol. The number of furan rings is 1. The van der Waals surface area contributed by atoms with Gasteiger partial charge in [0.05, 0.1) is 12.6 Å². The minimum Gasteiger partial charge on any atom is -0.454 e. The van der Waals surface area contributed by atoms with Crippen molar-refractivity contribution in [3.63, 3.8) is 0 Å². The van der Waals surface area contributed by atoms with E-state index in [1.54, 1.807) is 24.3 Å². The Hall–Kier alpha value is -2.97. The first kappa shape index (κ1) is 21.3. The Morgan fingerprint density at radius 3 is 2.74 bits per heavy atom. The van der Waals surface area contributed by atoms with E-state index in [-0.39, 0.29) is 23.7 Å². The largest absolute Gasteiger partial charge is 0.454 e. The first-order valence-electron chi connectivity index (χ1n) is 10.3. The molecular formula is C23H25N3O4S. The van der Waals surface area contributed by atoms with Crippen LogP contribution in [0.3, 0.4) is 0 Å². The molecule has 1 N–H and O–H groups in total. The molecule has 4 rings (SSSR count). The van der Waals surface area contributed by atoms with Gasteiger partial charge in [0.15, 0.2) is 10.6 Å². The standard InChI is InChI=1S/C23H25N3O4S/c1-15-5-7-17(8-6-15)21(27)25-23-26(16(2)14-31-23)13-19-9-10-20(30-19)22(28)24-12-18-4-3-11-29-18/h5-10,14,18H,3-4,11-13H2,1-2H3,(H,24,28)/t18-/m1/s1. The van der Waals surface area contributed by atoms with Crippen LogP contribution in [-0.4, -0.2) is 35.6 Å². The predicted octanol–water partition coefficient (Wildman–Crippen LogP) is 3.46. The van der Waals surface area contributed by atoms with Crippen molar-refractivity contribution in [2.75, 3.05) is 13.2 Å².